The highest BCUT2D eigenvalue weighted by Crippen LogP contribution is 2.42. The van der Waals surface area contributed by atoms with E-state index in [1.165, 1.54) is 5.56 Å². The van der Waals surface area contributed by atoms with Gasteiger partial charge >= 0.3 is 0 Å². The van der Waals surface area contributed by atoms with Crippen molar-refractivity contribution in [1.82, 2.24) is 9.78 Å². The molecule has 1 heterocycles. The lowest BCUT2D eigenvalue weighted by molar-refractivity contribution is 0.0221. The van der Waals surface area contributed by atoms with E-state index in [1.54, 1.807) is 0 Å². The van der Waals surface area contributed by atoms with Crippen LogP contribution in [0, 0.1) is 0 Å². The summed E-state index contributed by atoms with van der Waals surface area (Å²) >= 11 is 0. The molecule has 2 rings (SSSR count). The molecular weight excluding hydrogens is 190 g/mol. The minimum Gasteiger partial charge on any atom is -0.393 e. The van der Waals surface area contributed by atoms with Crippen molar-refractivity contribution in [3.8, 4) is 0 Å². The molecule has 1 aliphatic rings. The van der Waals surface area contributed by atoms with Crippen molar-refractivity contribution in [2.45, 2.75) is 44.2 Å². The minimum absolute atomic E-state index is 0.0213. The van der Waals surface area contributed by atoms with Crippen LogP contribution >= 0.6 is 0 Å². The van der Waals surface area contributed by atoms with Crippen LogP contribution in [0.25, 0.3) is 0 Å². The zero-order valence-corrected chi connectivity index (χ0v) is 9.35. The SMILES string of the molecule is CC(C)n1cc(C2(CN)CC(O)C2)cn1. The first kappa shape index (κ1) is 10.6. The molecule has 4 nitrogen and oxygen atoms in total. The second-order valence-corrected chi connectivity index (χ2v) is 4.85. The Morgan fingerprint density at radius 2 is 2.33 bits per heavy atom. The van der Waals surface area contributed by atoms with Gasteiger partial charge in [-0.3, -0.25) is 4.68 Å². The first-order valence-electron chi connectivity index (χ1n) is 5.50. The average Bonchev–Trinajstić information content (AvgIpc) is 2.61. The fraction of sp³-hybridized carbons (Fsp3) is 0.727. The summed E-state index contributed by atoms with van der Waals surface area (Å²) in [7, 11) is 0. The summed E-state index contributed by atoms with van der Waals surface area (Å²) in [5.74, 6) is 0. The van der Waals surface area contributed by atoms with E-state index in [0.29, 0.717) is 12.6 Å². The summed E-state index contributed by atoms with van der Waals surface area (Å²) in [6, 6.07) is 0.374. The Balaban J connectivity index is 2.21. The Morgan fingerprint density at radius 3 is 2.73 bits per heavy atom. The van der Waals surface area contributed by atoms with Crippen LogP contribution in [0.4, 0.5) is 0 Å². The molecule has 15 heavy (non-hydrogen) atoms. The summed E-state index contributed by atoms with van der Waals surface area (Å²) in [6.45, 7) is 4.79. The fourth-order valence-corrected chi connectivity index (χ4v) is 2.26. The number of aliphatic hydroxyl groups excluding tert-OH is 1. The number of hydrogen-bond acceptors (Lipinski definition) is 3. The minimum atomic E-state index is -0.184. The van der Waals surface area contributed by atoms with Crippen molar-refractivity contribution in [3.63, 3.8) is 0 Å². The second kappa shape index (κ2) is 3.61. The van der Waals surface area contributed by atoms with Crippen molar-refractivity contribution in [3.05, 3.63) is 18.0 Å². The highest BCUT2D eigenvalue weighted by Gasteiger charge is 2.44. The number of hydrogen-bond donors (Lipinski definition) is 2. The molecule has 3 N–H and O–H groups in total. The number of rotatable bonds is 3. The highest BCUT2D eigenvalue weighted by molar-refractivity contribution is 5.25. The molecule has 1 aliphatic carbocycles. The van der Waals surface area contributed by atoms with Crippen molar-refractivity contribution < 1.29 is 5.11 Å². The molecule has 0 atom stereocenters. The lowest BCUT2D eigenvalue weighted by Gasteiger charge is -2.44. The molecule has 0 spiro atoms. The van der Waals surface area contributed by atoms with Gasteiger partial charge in [-0.05, 0) is 32.3 Å². The number of aromatic nitrogens is 2. The molecule has 0 bridgehead atoms. The Bertz CT molecular complexity index is 339. The molecule has 0 aliphatic heterocycles. The number of nitrogens with zero attached hydrogens (tertiary/aromatic N) is 2. The molecular formula is C11H19N3O. The van der Waals surface area contributed by atoms with Gasteiger partial charge in [0.15, 0.2) is 0 Å². The quantitative estimate of drug-likeness (QED) is 0.774. The van der Waals surface area contributed by atoms with Gasteiger partial charge in [-0.2, -0.15) is 5.10 Å². The van der Waals surface area contributed by atoms with Crippen LogP contribution in [0.5, 0.6) is 0 Å². The van der Waals surface area contributed by atoms with E-state index < -0.39 is 0 Å². The van der Waals surface area contributed by atoms with E-state index in [2.05, 4.69) is 25.1 Å². The normalized spacial score (nSPS) is 30.6. The van der Waals surface area contributed by atoms with Gasteiger partial charge < -0.3 is 10.8 Å². The molecule has 1 fully saturated rings. The Hall–Kier alpha value is -0.870. The second-order valence-electron chi connectivity index (χ2n) is 4.85. The lowest BCUT2D eigenvalue weighted by atomic mass is 9.63. The molecule has 1 aromatic rings. The highest BCUT2D eigenvalue weighted by atomic mass is 16.3. The maximum atomic E-state index is 9.41. The fourth-order valence-electron chi connectivity index (χ4n) is 2.26. The van der Waals surface area contributed by atoms with E-state index in [0.717, 1.165) is 12.8 Å². The molecule has 84 valence electrons. The van der Waals surface area contributed by atoms with Crippen LogP contribution in [0.15, 0.2) is 12.4 Å². The first-order valence-corrected chi connectivity index (χ1v) is 5.50. The number of nitrogens with two attached hydrogens (primary N) is 1. The third-order valence-electron chi connectivity index (χ3n) is 3.39. The first-order chi connectivity index (χ1) is 7.07. The van der Waals surface area contributed by atoms with E-state index in [1.807, 2.05) is 10.9 Å². The van der Waals surface area contributed by atoms with E-state index in [4.69, 9.17) is 5.73 Å². The van der Waals surface area contributed by atoms with Crippen LogP contribution < -0.4 is 5.73 Å². The Labute approximate surface area is 90.1 Å². The van der Waals surface area contributed by atoms with E-state index in [9.17, 15) is 5.11 Å². The van der Waals surface area contributed by atoms with Gasteiger partial charge in [-0.15, -0.1) is 0 Å². The van der Waals surface area contributed by atoms with Crippen molar-refractivity contribution in [2.24, 2.45) is 5.73 Å². The average molecular weight is 209 g/mol. The van der Waals surface area contributed by atoms with Gasteiger partial charge in [0.1, 0.15) is 0 Å². The van der Waals surface area contributed by atoms with Crippen molar-refractivity contribution in [2.75, 3.05) is 6.54 Å². The molecule has 0 radical (unpaired) electrons. The largest absolute Gasteiger partial charge is 0.393 e. The standard InChI is InChI=1S/C11H19N3O/c1-8(2)14-6-9(5-13-14)11(7-12)3-10(15)4-11/h5-6,8,10,15H,3-4,7,12H2,1-2H3. The Kier molecular flexibility index (Phi) is 2.56. The lowest BCUT2D eigenvalue weighted by Crippen LogP contribution is -2.49. The summed E-state index contributed by atoms with van der Waals surface area (Å²) < 4.78 is 1.94. The zero-order valence-electron chi connectivity index (χ0n) is 9.35. The molecule has 0 aromatic carbocycles. The van der Waals surface area contributed by atoms with Gasteiger partial charge in [0.05, 0.1) is 12.3 Å². The predicted octanol–water partition coefficient (Wildman–Crippen LogP) is 0.815. The van der Waals surface area contributed by atoms with Crippen molar-refractivity contribution in [1.29, 1.82) is 0 Å². The molecule has 0 amide bonds. The molecule has 4 heteroatoms. The van der Waals surface area contributed by atoms with Crippen LogP contribution in [-0.4, -0.2) is 27.5 Å². The predicted molar refractivity (Wildman–Crippen MR) is 58.6 cm³/mol. The topological polar surface area (TPSA) is 64.1 Å². The monoisotopic (exact) mass is 209 g/mol. The van der Waals surface area contributed by atoms with Gasteiger partial charge in [0.2, 0.25) is 0 Å². The molecule has 0 unspecified atom stereocenters. The molecule has 0 saturated heterocycles. The van der Waals surface area contributed by atoms with Gasteiger partial charge in [0, 0.05) is 24.2 Å². The van der Waals surface area contributed by atoms with Crippen LogP contribution in [-0.2, 0) is 5.41 Å². The third-order valence-corrected chi connectivity index (χ3v) is 3.39. The van der Waals surface area contributed by atoms with Gasteiger partial charge in [-0.25, -0.2) is 0 Å². The smallest absolute Gasteiger partial charge is 0.0558 e. The van der Waals surface area contributed by atoms with Gasteiger partial charge in [-0.1, -0.05) is 0 Å². The maximum absolute atomic E-state index is 9.41. The Morgan fingerprint density at radius 1 is 1.67 bits per heavy atom. The summed E-state index contributed by atoms with van der Waals surface area (Å²) in [6.07, 6.45) is 5.30. The summed E-state index contributed by atoms with van der Waals surface area (Å²) in [5.41, 5.74) is 6.95. The summed E-state index contributed by atoms with van der Waals surface area (Å²) in [5, 5.41) is 13.7. The number of aliphatic hydroxyl groups is 1. The van der Waals surface area contributed by atoms with Crippen LogP contribution in [0.3, 0.4) is 0 Å². The van der Waals surface area contributed by atoms with E-state index in [-0.39, 0.29) is 11.5 Å². The zero-order chi connectivity index (χ0) is 11.1. The van der Waals surface area contributed by atoms with Crippen LogP contribution in [0.1, 0.15) is 38.3 Å². The third kappa shape index (κ3) is 1.68. The maximum Gasteiger partial charge on any atom is 0.0558 e. The van der Waals surface area contributed by atoms with Crippen molar-refractivity contribution >= 4 is 0 Å². The van der Waals surface area contributed by atoms with Gasteiger partial charge in [0.25, 0.3) is 0 Å². The summed E-state index contributed by atoms with van der Waals surface area (Å²) in [4.78, 5) is 0. The molecule has 1 aromatic heterocycles. The van der Waals surface area contributed by atoms with E-state index >= 15 is 0 Å². The van der Waals surface area contributed by atoms with Crippen LogP contribution in [0.2, 0.25) is 0 Å². The molecule has 1 saturated carbocycles.